The van der Waals surface area contributed by atoms with E-state index >= 15 is 0 Å². The molecule has 0 heterocycles. The Morgan fingerprint density at radius 3 is 2.67 bits per heavy atom. The third-order valence-electron chi connectivity index (χ3n) is 2.67. The number of rotatable bonds is 2. The van der Waals surface area contributed by atoms with Crippen molar-refractivity contribution in [1.82, 2.24) is 0 Å². The van der Waals surface area contributed by atoms with Crippen molar-refractivity contribution in [3.8, 4) is 12.3 Å². The van der Waals surface area contributed by atoms with Crippen LogP contribution in [0.3, 0.4) is 0 Å². The van der Waals surface area contributed by atoms with Gasteiger partial charge in [0.15, 0.2) is 0 Å². The van der Waals surface area contributed by atoms with Crippen LogP contribution in [0.15, 0.2) is 11.6 Å². The van der Waals surface area contributed by atoms with Crippen molar-refractivity contribution in [2.75, 3.05) is 0 Å². The van der Waals surface area contributed by atoms with Gasteiger partial charge in [-0.05, 0) is 25.3 Å². The van der Waals surface area contributed by atoms with E-state index in [9.17, 15) is 0 Å². The first-order valence-electron chi connectivity index (χ1n) is 4.94. The van der Waals surface area contributed by atoms with Crippen LogP contribution in [0.2, 0.25) is 0 Å². The molecule has 0 aromatic rings. The zero-order valence-corrected chi connectivity index (χ0v) is 7.97. The standard InChI is InChI=1S/C12H18/c1-3-7-11(2)10-12-8-5-4-6-9-12/h1,7,12H,4-6,8-10H2,2H3/b11-7+. The lowest BCUT2D eigenvalue weighted by Gasteiger charge is -2.21. The van der Waals surface area contributed by atoms with Gasteiger partial charge in [-0.15, -0.1) is 6.42 Å². The fourth-order valence-corrected chi connectivity index (χ4v) is 2.05. The van der Waals surface area contributed by atoms with E-state index in [1.165, 1.54) is 44.1 Å². The molecular weight excluding hydrogens is 144 g/mol. The van der Waals surface area contributed by atoms with Crippen molar-refractivity contribution in [2.24, 2.45) is 5.92 Å². The summed E-state index contributed by atoms with van der Waals surface area (Å²) >= 11 is 0. The minimum absolute atomic E-state index is 0.920. The molecule has 0 aromatic heterocycles. The highest BCUT2D eigenvalue weighted by Gasteiger charge is 2.12. The SMILES string of the molecule is C#C/C=C(\C)CC1CCCCC1. The van der Waals surface area contributed by atoms with Crippen LogP contribution in [-0.4, -0.2) is 0 Å². The lowest BCUT2D eigenvalue weighted by Crippen LogP contribution is -2.06. The van der Waals surface area contributed by atoms with E-state index < -0.39 is 0 Å². The fourth-order valence-electron chi connectivity index (χ4n) is 2.05. The molecule has 66 valence electrons. The van der Waals surface area contributed by atoms with Gasteiger partial charge in [0.05, 0.1) is 0 Å². The summed E-state index contributed by atoms with van der Waals surface area (Å²) in [5.41, 5.74) is 1.38. The molecule has 0 N–H and O–H groups in total. The first-order chi connectivity index (χ1) is 5.83. The molecule has 0 aromatic carbocycles. The summed E-state index contributed by atoms with van der Waals surface area (Å²) in [6.07, 6.45) is 15.5. The second-order valence-electron chi connectivity index (χ2n) is 3.87. The van der Waals surface area contributed by atoms with Gasteiger partial charge in [-0.1, -0.05) is 43.6 Å². The lowest BCUT2D eigenvalue weighted by atomic mass is 9.85. The second-order valence-corrected chi connectivity index (χ2v) is 3.87. The number of terminal acetylenes is 1. The molecule has 0 heteroatoms. The van der Waals surface area contributed by atoms with E-state index in [0.29, 0.717) is 0 Å². The van der Waals surface area contributed by atoms with Crippen LogP contribution in [0.25, 0.3) is 0 Å². The predicted octanol–water partition coefficient (Wildman–Crippen LogP) is 3.54. The van der Waals surface area contributed by atoms with Gasteiger partial charge in [0, 0.05) is 0 Å². The topological polar surface area (TPSA) is 0 Å². The molecule has 12 heavy (non-hydrogen) atoms. The Morgan fingerprint density at radius 2 is 2.08 bits per heavy atom. The Balaban J connectivity index is 2.30. The van der Waals surface area contributed by atoms with Gasteiger partial charge in [0.25, 0.3) is 0 Å². The van der Waals surface area contributed by atoms with Crippen LogP contribution in [-0.2, 0) is 0 Å². The highest BCUT2D eigenvalue weighted by molar-refractivity contribution is 5.16. The summed E-state index contributed by atoms with van der Waals surface area (Å²) in [6.45, 7) is 2.15. The van der Waals surface area contributed by atoms with Crippen LogP contribution >= 0.6 is 0 Å². The third kappa shape index (κ3) is 3.13. The zero-order chi connectivity index (χ0) is 8.81. The van der Waals surface area contributed by atoms with Crippen LogP contribution in [0.4, 0.5) is 0 Å². The molecule has 0 amide bonds. The maximum absolute atomic E-state index is 5.21. The summed E-state index contributed by atoms with van der Waals surface area (Å²) in [7, 11) is 0. The molecule has 0 nitrogen and oxygen atoms in total. The van der Waals surface area contributed by atoms with Crippen molar-refractivity contribution in [1.29, 1.82) is 0 Å². The van der Waals surface area contributed by atoms with E-state index in [4.69, 9.17) is 6.42 Å². The lowest BCUT2D eigenvalue weighted by molar-refractivity contribution is 0.356. The van der Waals surface area contributed by atoms with Gasteiger partial charge in [0.2, 0.25) is 0 Å². The first-order valence-corrected chi connectivity index (χ1v) is 4.94. The largest absolute Gasteiger partial charge is 0.115 e. The fraction of sp³-hybridized carbons (Fsp3) is 0.667. The van der Waals surface area contributed by atoms with Gasteiger partial charge in [0.1, 0.15) is 0 Å². The first kappa shape index (κ1) is 9.39. The Labute approximate surface area is 76.1 Å². The Kier molecular flexibility index (Phi) is 3.94. The van der Waals surface area contributed by atoms with Crippen molar-refractivity contribution >= 4 is 0 Å². The molecule has 0 unspecified atom stereocenters. The number of hydrogen-bond acceptors (Lipinski definition) is 0. The summed E-state index contributed by atoms with van der Waals surface area (Å²) in [5, 5.41) is 0. The zero-order valence-electron chi connectivity index (χ0n) is 7.97. The van der Waals surface area contributed by atoms with Crippen molar-refractivity contribution < 1.29 is 0 Å². The Morgan fingerprint density at radius 1 is 1.42 bits per heavy atom. The van der Waals surface area contributed by atoms with Crippen LogP contribution in [0.5, 0.6) is 0 Å². The minimum Gasteiger partial charge on any atom is -0.115 e. The molecule has 0 atom stereocenters. The second kappa shape index (κ2) is 5.04. The highest BCUT2D eigenvalue weighted by atomic mass is 14.2. The quantitative estimate of drug-likeness (QED) is 0.545. The molecule has 0 bridgehead atoms. The number of allylic oxidation sites excluding steroid dienone is 2. The van der Waals surface area contributed by atoms with E-state index in [2.05, 4.69) is 12.8 Å². The molecule has 0 saturated heterocycles. The maximum Gasteiger partial charge on any atom is -0.0132 e. The normalized spacial score (nSPS) is 20.5. The molecule has 1 aliphatic rings. The number of hydrogen-bond donors (Lipinski definition) is 0. The average molecular weight is 162 g/mol. The van der Waals surface area contributed by atoms with Crippen LogP contribution in [0.1, 0.15) is 45.4 Å². The molecule has 1 rings (SSSR count). The molecule has 0 aliphatic heterocycles. The van der Waals surface area contributed by atoms with E-state index in [1.54, 1.807) is 0 Å². The molecule has 0 radical (unpaired) electrons. The van der Waals surface area contributed by atoms with Crippen LogP contribution in [0, 0.1) is 18.3 Å². The minimum atomic E-state index is 0.920. The van der Waals surface area contributed by atoms with Crippen LogP contribution < -0.4 is 0 Å². The summed E-state index contributed by atoms with van der Waals surface area (Å²) in [4.78, 5) is 0. The maximum atomic E-state index is 5.21. The molecule has 0 spiro atoms. The van der Waals surface area contributed by atoms with Crippen molar-refractivity contribution in [2.45, 2.75) is 45.4 Å². The molecule has 1 aliphatic carbocycles. The van der Waals surface area contributed by atoms with Gasteiger partial charge >= 0.3 is 0 Å². The van der Waals surface area contributed by atoms with Gasteiger partial charge in [-0.2, -0.15) is 0 Å². The highest BCUT2D eigenvalue weighted by Crippen LogP contribution is 2.28. The van der Waals surface area contributed by atoms with Gasteiger partial charge < -0.3 is 0 Å². The van der Waals surface area contributed by atoms with E-state index in [0.717, 1.165) is 5.92 Å². The molecule has 1 fully saturated rings. The predicted molar refractivity (Wildman–Crippen MR) is 53.8 cm³/mol. The van der Waals surface area contributed by atoms with E-state index in [-0.39, 0.29) is 0 Å². The average Bonchev–Trinajstić information content (AvgIpc) is 2.06. The monoisotopic (exact) mass is 162 g/mol. The Bertz CT molecular complexity index is 187. The summed E-state index contributed by atoms with van der Waals surface area (Å²) < 4.78 is 0. The molecular formula is C12H18. The van der Waals surface area contributed by atoms with E-state index in [1.807, 2.05) is 6.08 Å². The summed E-state index contributed by atoms with van der Waals surface area (Å²) in [5.74, 6) is 3.51. The van der Waals surface area contributed by atoms with Gasteiger partial charge in [-0.25, -0.2) is 0 Å². The summed E-state index contributed by atoms with van der Waals surface area (Å²) in [6, 6.07) is 0. The van der Waals surface area contributed by atoms with Crippen molar-refractivity contribution in [3.63, 3.8) is 0 Å². The third-order valence-corrected chi connectivity index (χ3v) is 2.67. The van der Waals surface area contributed by atoms with Gasteiger partial charge in [-0.3, -0.25) is 0 Å². The Hall–Kier alpha value is -0.700. The molecule has 1 saturated carbocycles. The smallest absolute Gasteiger partial charge is 0.0132 e. The van der Waals surface area contributed by atoms with Crippen molar-refractivity contribution in [3.05, 3.63) is 11.6 Å².